The average Bonchev–Trinajstić information content (AvgIpc) is 2.65. The molecule has 3 aromatic rings. The van der Waals surface area contributed by atoms with E-state index < -0.39 is 0 Å². The standard InChI is InChI=1S/C17H15Cl2N5O2/c1-25-11-4-6-15(26-2)14(8-11)21-16-9-20-24-17(23-16)22-13-7-10(18)3-5-12(13)19/h3-9H,1-2H3,(H2,21,22,23,24). The molecule has 0 aliphatic heterocycles. The fourth-order valence-electron chi connectivity index (χ4n) is 2.18. The lowest BCUT2D eigenvalue weighted by atomic mass is 10.2. The third kappa shape index (κ3) is 4.25. The average molecular weight is 392 g/mol. The second-order valence-electron chi connectivity index (χ2n) is 5.11. The van der Waals surface area contributed by atoms with Crippen molar-refractivity contribution in [3.63, 3.8) is 0 Å². The van der Waals surface area contributed by atoms with Gasteiger partial charge in [-0.25, -0.2) is 0 Å². The van der Waals surface area contributed by atoms with Crippen molar-refractivity contribution in [1.29, 1.82) is 0 Å². The van der Waals surface area contributed by atoms with Gasteiger partial charge in [0.15, 0.2) is 5.82 Å². The van der Waals surface area contributed by atoms with Gasteiger partial charge in [0.2, 0.25) is 5.95 Å². The SMILES string of the molecule is COc1ccc(OC)c(Nc2cnnc(Nc3cc(Cl)ccc3Cl)n2)c1. The fourth-order valence-corrected chi connectivity index (χ4v) is 2.52. The van der Waals surface area contributed by atoms with E-state index >= 15 is 0 Å². The van der Waals surface area contributed by atoms with Gasteiger partial charge in [0.05, 0.1) is 36.8 Å². The number of benzene rings is 2. The van der Waals surface area contributed by atoms with Crippen LogP contribution in [0.25, 0.3) is 0 Å². The number of halogens is 2. The smallest absolute Gasteiger partial charge is 0.249 e. The summed E-state index contributed by atoms with van der Waals surface area (Å²) in [6.07, 6.45) is 1.49. The van der Waals surface area contributed by atoms with E-state index in [4.69, 9.17) is 32.7 Å². The summed E-state index contributed by atoms with van der Waals surface area (Å²) in [5, 5.41) is 15.1. The summed E-state index contributed by atoms with van der Waals surface area (Å²) < 4.78 is 10.6. The number of aromatic nitrogens is 3. The molecule has 26 heavy (non-hydrogen) atoms. The Morgan fingerprint density at radius 1 is 0.923 bits per heavy atom. The molecule has 0 fully saturated rings. The molecule has 1 heterocycles. The number of rotatable bonds is 6. The minimum atomic E-state index is 0.265. The summed E-state index contributed by atoms with van der Waals surface area (Å²) in [7, 11) is 3.17. The Hall–Kier alpha value is -2.77. The van der Waals surface area contributed by atoms with Gasteiger partial charge >= 0.3 is 0 Å². The maximum atomic E-state index is 6.15. The van der Waals surface area contributed by atoms with Gasteiger partial charge in [0, 0.05) is 11.1 Å². The van der Waals surface area contributed by atoms with Crippen molar-refractivity contribution in [2.75, 3.05) is 24.9 Å². The van der Waals surface area contributed by atoms with E-state index in [1.54, 1.807) is 50.6 Å². The Balaban J connectivity index is 1.85. The molecule has 0 unspecified atom stereocenters. The van der Waals surface area contributed by atoms with Crippen LogP contribution in [0.2, 0.25) is 10.0 Å². The van der Waals surface area contributed by atoms with E-state index in [1.807, 2.05) is 0 Å². The van der Waals surface area contributed by atoms with Crippen molar-refractivity contribution in [3.8, 4) is 11.5 Å². The van der Waals surface area contributed by atoms with Crippen LogP contribution in [0.3, 0.4) is 0 Å². The molecule has 0 spiro atoms. The Bertz CT molecular complexity index is 923. The third-order valence-corrected chi connectivity index (χ3v) is 3.97. The molecule has 2 N–H and O–H groups in total. The van der Waals surface area contributed by atoms with Gasteiger partial charge in [0.25, 0.3) is 0 Å². The molecule has 134 valence electrons. The van der Waals surface area contributed by atoms with Gasteiger partial charge in [-0.2, -0.15) is 10.1 Å². The lowest BCUT2D eigenvalue weighted by Gasteiger charge is -2.12. The highest BCUT2D eigenvalue weighted by Crippen LogP contribution is 2.31. The van der Waals surface area contributed by atoms with Crippen molar-refractivity contribution in [3.05, 3.63) is 52.6 Å². The van der Waals surface area contributed by atoms with Crippen LogP contribution >= 0.6 is 23.2 Å². The molecule has 0 aliphatic rings. The molecule has 0 saturated heterocycles. The van der Waals surface area contributed by atoms with Crippen LogP contribution in [0.15, 0.2) is 42.6 Å². The summed E-state index contributed by atoms with van der Waals surface area (Å²) in [6.45, 7) is 0. The number of methoxy groups -OCH3 is 2. The lowest BCUT2D eigenvalue weighted by molar-refractivity contribution is 0.405. The zero-order chi connectivity index (χ0) is 18.5. The molecule has 9 heteroatoms. The van der Waals surface area contributed by atoms with E-state index in [9.17, 15) is 0 Å². The van der Waals surface area contributed by atoms with E-state index in [1.165, 1.54) is 6.20 Å². The molecular formula is C17H15Cl2N5O2. The summed E-state index contributed by atoms with van der Waals surface area (Å²) >= 11 is 12.1. The van der Waals surface area contributed by atoms with Crippen LogP contribution in [0.5, 0.6) is 11.5 Å². The predicted octanol–water partition coefficient (Wildman–Crippen LogP) is 4.68. The Kier molecular flexibility index (Phi) is 5.60. The minimum Gasteiger partial charge on any atom is -0.497 e. The number of nitrogens with one attached hydrogen (secondary N) is 2. The molecule has 0 saturated carbocycles. The molecule has 2 aromatic carbocycles. The monoisotopic (exact) mass is 391 g/mol. The van der Waals surface area contributed by atoms with Crippen LogP contribution < -0.4 is 20.1 Å². The maximum absolute atomic E-state index is 6.15. The van der Waals surface area contributed by atoms with E-state index in [0.29, 0.717) is 38.7 Å². The number of hydrogen-bond donors (Lipinski definition) is 2. The van der Waals surface area contributed by atoms with Crippen molar-refractivity contribution in [2.24, 2.45) is 0 Å². The van der Waals surface area contributed by atoms with Crippen LogP contribution in [0.4, 0.5) is 23.1 Å². The molecule has 1 aromatic heterocycles. The highest BCUT2D eigenvalue weighted by atomic mass is 35.5. The Morgan fingerprint density at radius 2 is 1.77 bits per heavy atom. The van der Waals surface area contributed by atoms with Crippen molar-refractivity contribution < 1.29 is 9.47 Å². The van der Waals surface area contributed by atoms with Crippen LogP contribution in [-0.4, -0.2) is 29.4 Å². The first-order valence-electron chi connectivity index (χ1n) is 7.50. The lowest BCUT2D eigenvalue weighted by Crippen LogP contribution is -2.03. The summed E-state index contributed by atoms with van der Waals surface area (Å²) in [5.74, 6) is 2.05. The third-order valence-electron chi connectivity index (χ3n) is 3.40. The zero-order valence-electron chi connectivity index (χ0n) is 14.0. The fraction of sp³-hybridized carbons (Fsp3) is 0.118. The molecule has 0 radical (unpaired) electrons. The highest BCUT2D eigenvalue weighted by Gasteiger charge is 2.09. The molecule has 0 amide bonds. The molecule has 0 aliphatic carbocycles. The van der Waals surface area contributed by atoms with Gasteiger partial charge in [-0.15, -0.1) is 5.10 Å². The van der Waals surface area contributed by atoms with E-state index in [0.717, 1.165) is 0 Å². The number of ether oxygens (including phenoxy) is 2. The van der Waals surface area contributed by atoms with E-state index in [-0.39, 0.29) is 5.95 Å². The van der Waals surface area contributed by atoms with Crippen molar-refractivity contribution in [2.45, 2.75) is 0 Å². The van der Waals surface area contributed by atoms with Gasteiger partial charge < -0.3 is 20.1 Å². The maximum Gasteiger partial charge on any atom is 0.249 e. The van der Waals surface area contributed by atoms with Gasteiger partial charge in [-0.3, -0.25) is 0 Å². The quantitative estimate of drug-likeness (QED) is 0.630. The minimum absolute atomic E-state index is 0.265. The molecular weight excluding hydrogens is 377 g/mol. The van der Waals surface area contributed by atoms with Gasteiger partial charge in [-0.05, 0) is 30.3 Å². The highest BCUT2D eigenvalue weighted by molar-refractivity contribution is 6.35. The summed E-state index contributed by atoms with van der Waals surface area (Å²) in [5.41, 5.74) is 1.26. The normalized spacial score (nSPS) is 10.3. The molecule has 7 nitrogen and oxygen atoms in total. The predicted molar refractivity (Wildman–Crippen MR) is 102 cm³/mol. The number of anilines is 4. The van der Waals surface area contributed by atoms with Crippen LogP contribution in [0, 0.1) is 0 Å². The van der Waals surface area contributed by atoms with Crippen molar-refractivity contribution >= 4 is 46.3 Å². The zero-order valence-corrected chi connectivity index (χ0v) is 15.5. The number of nitrogens with zero attached hydrogens (tertiary/aromatic N) is 3. The number of hydrogen-bond acceptors (Lipinski definition) is 7. The summed E-state index contributed by atoms with van der Waals surface area (Å²) in [4.78, 5) is 4.37. The second kappa shape index (κ2) is 8.07. The van der Waals surface area contributed by atoms with Crippen molar-refractivity contribution in [1.82, 2.24) is 15.2 Å². The topological polar surface area (TPSA) is 81.2 Å². The molecule has 0 bridgehead atoms. The molecule has 0 atom stereocenters. The van der Waals surface area contributed by atoms with Crippen LogP contribution in [-0.2, 0) is 0 Å². The first-order chi connectivity index (χ1) is 12.6. The Labute approximate surface area is 160 Å². The first kappa shape index (κ1) is 18.0. The second-order valence-corrected chi connectivity index (χ2v) is 5.95. The Morgan fingerprint density at radius 3 is 2.54 bits per heavy atom. The van der Waals surface area contributed by atoms with Crippen LogP contribution in [0.1, 0.15) is 0 Å². The first-order valence-corrected chi connectivity index (χ1v) is 8.25. The largest absolute Gasteiger partial charge is 0.497 e. The van der Waals surface area contributed by atoms with E-state index in [2.05, 4.69) is 25.8 Å². The van der Waals surface area contributed by atoms with Gasteiger partial charge in [-0.1, -0.05) is 23.2 Å². The molecule has 3 rings (SSSR count). The van der Waals surface area contributed by atoms with Gasteiger partial charge in [0.1, 0.15) is 11.5 Å². The summed E-state index contributed by atoms with van der Waals surface area (Å²) in [6, 6.07) is 10.4.